The molecule has 1 N–H and O–H groups in total. The van der Waals surface area contributed by atoms with Gasteiger partial charge in [-0.1, -0.05) is 18.2 Å². The number of aryl methyl sites for hydroxylation is 1. The smallest absolute Gasteiger partial charge is 0.272 e. The second kappa shape index (κ2) is 6.77. The van der Waals surface area contributed by atoms with Crippen LogP contribution < -0.4 is 5.32 Å². The summed E-state index contributed by atoms with van der Waals surface area (Å²) in [6.07, 6.45) is 3.17. The molecule has 0 aliphatic carbocycles. The highest BCUT2D eigenvalue weighted by Gasteiger charge is 2.23. The lowest BCUT2D eigenvalue weighted by molar-refractivity contribution is 0.102. The van der Waals surface area contributed by atoms with Gasteiger partial charge in [0.05, 0.1) is 22.2 Å². The van der Waals surface area contributed by atoms with E-state index < -0.39 is 17.5 Å². The van der Waals surface area contributed by atoms with Gasteiger partial charge in [-0.05, 0) is 30.3 Å². The van der Waals surface area contributed by atoms with Crippen LogP contribution in [-0.4, -0.2) is 25.0 Å². The predicted octanol–water partition coefficient (Wildman–Crippen LogP) is 4.44. The van der Waals surface area contributed by atoms with Crippen molar-refractivity contribution in [3.8, 4) is 5.95 Å². The zero-order chi connectivity index (χ0) is 20.8. The summed E-state index contributed by atoms with van der Waals surface area (Å²) in [5.74, 6) is -1.82. The Balaban J connectivity index is 1.73. The molecule has 0 aliphatic rings. The largest absolute Gasteiger partial charge is 0.342 e. The first-order valence-corrected chi connectivity index (χ1v) is 9.17. The van der Waals surface area contributed by atoms with Crippen LogP contribution in [0.5, 0.6) is 0 Å². The minimum atomic E-state index is -0.854. The van der Waals surface area contributed by atoms with Gasteiger partial charge < -0.3 is 9.88 Å². The van der Waals surface area contributed by atoms with E-state index in [0.29, 0.717) is 5.95 Å². The normalized spacial score (nSPS) is 11.3. The Morgan fingerprint density at radius 2 is 1.73 bits per heavy atom. The molecule has 0 unspecified atom stereocenters. The van der Waals surface area contributed by atoms with E-state index in [1.807, 2.05) is 35.9 Å². The number of carbonyl (C=O) groups is 1. The number of rotatable bonds is 3. The number of nitrogens with zero attached hydrogens (tertiary/aromatic N) is 4. The molecule has 6 nitrogen and oxygen atoms in total. The third-order valence-electron chi connectivity index (χ3n) is 5.03. The number of fused-ring (bicyclic) bond motifs is 3. The summed E-state index contributed by atoms with van der Waals surface area (Å²) >= 11 is 0. The second-order valence-electron chi connectivity index (χ2n) is 6.80. The molecule has 1 amide bonds. The number of halogens is 2. The van der Waals surface area contributed by atoms with Crippen LogP contribution in [0.1, 0.15) is 10.5 Å². The van der Waals surface area contributed by atoms with Crippen molar-refractivity contribution >= 4 is 33.5 Å². The van der Waals surface area contributed by atoms with Crippen LogP contribution in [0.15, 0.2) is 67.0 Å². The zero-order valence-corrected chi connectivity index (χ0v) is 15.8. The number of benzene rings is 2. The van der Waals surface area contributed by atoms with E-state index in [1.54, 1.807) is 29.1 Å². The number of nitrogens with one attached hydrogen (secondary N) is 1. The number of hydrogen-bond acceptors (Lipinski definition) is 3. The molecule has 2 aromatic carbocycles. The SMILES string of the molecule is Cn1c2ccccc2c2c1cc(C(=O)Nc1ccc(F)cc1F)n2-c1ncccn1. The summed E-state index contributed by atoms with van der Waals surface area (Å²) in [5.41, 5.74) is 2.68. The highest BCUT2D eigenvalue weighted by Crippen LogP contribution is 2.32. The molecule has 0 bridgehead atoms. The first-order valence-electron chi connectivity index (χ1n) is 9.17. The summed E-state index contributed by atoms with van der Waals surface area (Å²) < 4.78 is 30.9. The topological polar surface area (TPSA) is 64.7 Å². The number of para-hydroxylation sites is 1. The molecular weight excluding hydrogens is 388 g/mol. The van der Waals surface area contributed by atoms with Gasteiger partial charge in [0, 0.05) is 30.9 Å². The maximum Gasteiger partial charge on any atom is 0.272 e. The van der Waals surface area contributed by atoms with Crippen molar-refractivity contribution in [2.24, 2.45) is 7.05 Å². The molecule has 0 saturated carbocycles. The van der Waals surface area contributed by atoms with Crippen molar-refractivity contribution in [1.29, 1.82) is 0 Å². The van der Waals surface area contributed by atoms with Crippen molar-refractivity contribution in [2.75, 3.05) is 5.32 Å². The minimum absolute atomic E-state index is 0.114. The Labute approximate surface area is 169 Å². The van der Waals surface area contributed by atoms with Crippen molar-refractivity contribution in [2.45, 2.75) is 0 Å². The molecular formula is C22H15F2N5O. The fourth-order valence-corrected chi connectivity index (χ4v) is 3.67. The Kier molecular flexibility index (Phi) is 4.06. The highest BCUT2D eigenvalue weighted by molar-refractivity contribution is 6.13. The van der Waals surface area contributed by atoms with Gasteiger partial charge >= 0.3 is 0 Å². The standard InChI is InChI=1S/C22H15F2N5O/c1-28-17-6-3-2-5-14(17)20-18(28)12-19(29(20)22-25-9-4-10-26-22)21(30)27-16-8-7-13(23)11-15(16)24/h2-12H,1H3,(H,27,30). The molecule has 0 aliphatic heterocycles. The lowest BCUT2D eigenvalue weighted by atomic mass is 10.2. The number of hydrogen-bond donors (Lipinski definition) is 1. The lowest BCUT2D eigenvalue weighted by Crippen LogP contribution is -2.18. The molecule has 0 spiro atoms. The van der Waals surface area contributed by atoms with Crippen molar-refractivity contribution in [3.05, 3.63) is 84.3 Å². The molecule has 0 fully saturated rings. The van der Waals surface area contributed by atoms with Gasteiger partial charge in [0.25, 0.3) is 5.91 Å². The predicted molar refractivity (Wildman–Crippen MR) is 110 cm³/mol. The summed E-state index contributed by atoms with van der Waals surface area (Å²) in [6.45, 7) is 0. The minimum Gasteiger partial charge on any atom is -0.342 e. The van der Waals surface area contributed by atoms with Crippen molar-refractivity contribution in [1.82, 2.24) is 19.1 Å². The van der Waals surface area contributed by atoms with Crippen LogP contribution in [0.3, 0.4) is 0 Å². The number of carbonyl (C=O) groups excluding carboxylic acids is 1. The van der Waals surface area contributed by atoms with E-state index in [1.165, 1.54) is 6.07 Å². The summed E-state index contributed by atoms with van der Waals surface area (Å²) in [4.78, 5) is 21.7. The maximum atomic E-state index is 14.1. The maximum absolute atomic E-state index is 14.1. The van der Waals surface area contributed by atoms with Gasteiger partial charge in [-0.25, -0.2) is 18.7 Å². The average molecular weight is 403 g/mol. The van der Waals surface area contributed by atoms with Gasteiger partial charge in [0.2, 0.25) is 5.95 Å². The first-order chi connectivity index (χ1) is 14.5. The van der Waals surface area contributed by atoms with Crippen LogP contribution in [0.4, 0.5) is 14.5 Å². The van der Waals surface area contributed by atoms with Crippen LogP contribution in [0, 0.1) is 11.6 Å². The van der Waals surface area contributed by atoms with E-state index in [2.05, 4.69) is 15.3 Å². The Morgan fingerprint density at radius 1 is 0.967 bits per heavy atom. The number of amides is 1. The summed E-state index contributed by atoms with van der Waals surface area (Å²) in [5, 5.41) is 3.44. The van der Waals surface area contributed by atoms with E-state index in [-0.39, 0.29) is 11.4 Å². The molecule has 0 saturated heterocycles. The quantitative estimate of drug-likeness (QED) is 0.484. The van der Waals surface area contributed by atoms with Gasteiger partial charge in [0.1, 0.15) is 17.3 Å². The number of anilines is 1. The molecule has 30 heavy (non-hydrogen) atoms. The van der Waals surface area contributed by atoms with Crippen LogP contribution in [-0.2, 0) is 7.05 Å². The molecule has 5 aromatic rings. The van der Waals surface area contributed by atoms with Gasteiger partial charge in [-0.3, -0.25) is 9.36 Å². The van der Waals surface area contributed by atoms with Gasteiger partial charge in [-0.2, -0.15) is 0 Å². The Morgan fingerprint density at radius 3 is 2.50 bits per heavy atom. The summed E-state index contributed by atoms with van der Waals surface area (Å²) in [7, 11) is 1.90. The summed E-state index contributed by atoms with van der Waals surface area (Å²) in [6, 6.07) is 14.2. The molecule has 3 aromatic heterocycles. The molecule has 3 heterocycles. The van der Waals surface area contributed by atoms with Gasteiger partial charge in [-0.15, -0.1) is 0 Å². The lowest BCUT2D eigenvalue weighted by Gasteiger charge is -2.10. The fourth-order valence-electron chi connectivity index (χ4n) is 3.67. The average Bonchev–Trinajstić information content (AvgIpc) is 3.27. The van der Waals surface area contributed by atoms with Crippen LogP contribution >= 0.6 is 0 Å². The highest BCUT2D eigenvalue weighted by atomic mass is 19.1. The molecule has 5 rings (SSSR count). The van der Waals surface area contributed by atoms with Gasteiger partial charge in [0.15, 0.2) is 0 Å². The first kappa shape index (κ1) is 18.0. The molecule has 148 valence electrons. The third kappa shape index (κ3) is 2.73. The monoisotopic (exact) mass is 403 g/mol. The molecule has 8 heteroatoms. The van der Waals surface area contributed by atoms with Crippen LogP contribution in [0.25, 0.3) is 27.9 Å². The van der Waals surface area contributed by atoms with Crippen molar-refractivity contribution < 1.29 is 13.6 Å². The number of aromatic nitrogens is 4. The Bertz CT molecular complexity index is 1420. The van der Waals surface area contributed by atoms with E-state index in [4.69, 9.17) is 0 Å². The third-order valence-corrected chi connectivity index (χ3v) is 5.03. The molecule has 0 radical (unpaired) electrons. The Hall–Kier alpha value is -4.07. The van der Waals surface area contributed by atoms with E-state index in [9.17, 15) is 13.6 Å². The zero-order valence-electron chi connectivity index (χ0n) is 15.8. The molecule has 0 atom stereocenters. The van der Waals surface area contributed by atoms with Crippen molar-refractivity contribution in [3.63, 3.8) is 0 Å². The van der Waals surface area contributed by atoms with Crippen LogP contribution in [0.2, 0.25) is 0 Å². The fraction of sp³-hybridized carbons (Fsp3) is 0.0455. The second-order valence-corrected chi connectivity index (χ2v) is 6.80. The van der Waals surface area contributed by atoms with E-state index in [0.717, 1.165) is 34.1 Å². The van der Waals surface area contributed by atoms with E-state index >= 15 is 0 Å².